The van der Waals surface area contributed by atoms with Gasteiger partial charge in [-0.3, -0.25) is 0 Å². The van der Waals surface area contributed by atoms with Crippen LogP contribution in [0, 0.1) is 17.8 Å². The number of hydrogen-bond acceptors (Lipinski definition) is 0. The van der Waals surface area contributed by atoms with Crippen molar-refractivity contribution in [3.05, 3.63) is 0 Å². The lowest BCUT2D eigenvalue weighted by Crippen LogP contribution is -2.28. The summed E-state index contributed by atoms with van der Waals surface area (Å²) in [6.45, 7) is -0.779. The predicted molar refractivity (Wildman–Crippen MR) is 62.9 cm³/mol. The number of hydrogen-bond donors (Lipinski definition) is 0. The maximum absolute atomic E-state index is 13.2. The first-order valence-electron chi connectivity index (χ1n) is 7.01. The van der Waals surface area contributed by atoms with E-state index in [-0.39, 0.29) is 5.92 Å². The molecule has 94 valence electrons. The molecule has 0 aromatic heterocycles. The molecule has 2 rings (SSSR count). The zero-order valence-corrected chi connectivity index (χ0v) is 10.1. The van der Waals surface area contributed by atoms with Gasteiger partial charge in [0.2, 0.25) is 0 Å². The standard InChI is InChI=1S/C14H24F2/c15-10-14(16)13-8-6-12(7-9-13)11-4-2-1-3-5-11/h11-14H,1-10H2. The highest BCUT2D eigenvalue weighted by atomic mass is 19.2. The lowest BCUT2D eigenvalue weighted by Gasteiger charge is -2.36. The van der Waals surface area contributed by atoms with Crippen molar-refractivity contribution in [2.24, 2.45) is 17.8 Å². The number of halogens is 2. The average molecular weight is 230 g/mol. The summed E-state index contributed by atoms with van der Waals surface area (Å²) in [4.78, 5) is 0. The van der Waals surface area contributed by atoms with Crippen molar-refractivity contribution < 1.29 is 8.78 Å². The largest absolute Gasteiger partial charge is 0.248 e. The lowest BCUT2D eigenvalue weighted by atomic mass is 9.70. The van der Waals surface area contributed by atoms with Crippen molar-refractivity contribution in [3.8, 4) is 0 Å². The Bertz CT molecular complexity index is 191. The van der Waals surface area contributed by atoms with Gasteiger partial charge in [0, 0.05) is 0 Å². The Labute approximate surface area is 97.8 Å². The van der Waals surface area contributed by atoms with E-state index >= 15 is 0 Å². The summed E-state index contributed by atoms with van der Waals surface area (Å²) in [6, 6.07) is 0. The molecule has 0 aliphatic heterocycles. The Morgan fingerprint density at radius 3 is 1.94 bits per heavy atom. The first-order chi connectivity index (χ1) is 7.81. The van der Waals surface area contributed by atoms with Gasteiger partial charge in [0.05, 0.1) is 0 Å². The Balaban J connectivity index is 1.75. The van der Waals surface area contributed by atoms with E-state index in [2.05, 4.69) is 0 Å². The molecule has 0 aromatic rings. The van der Waals surface area contributed by atoms with Gasteiger partial charge >= 0.3 is 0 Å². The van der Waals surface area contributed by atoms with Crippen molar-refractivity contribution in [2.75, 3.05) is 6.67 Å². The van der Waals surface area contributed by atoms with Gasteiger partial charge < -0.3 is 0 Å². The second-order valence-electron chi connectivity index (χ2n) is 5.74. The summed E-state index contributed by atoms with van der Waals surface area (Å²) < 4.78 is 25.5. The minimum Gasteiger partial charge on any atom is -0.248 e. The molecule has 0 radical (unpaired) electrons. The third-order valence-corrected chi connectivity index (χ3v) is 4.79. The molecule has 2 saturated carbocycles. The third-order valence-electron chi connectivity index (χ3n) is 4.79. The normalized spacial score (nSPS) is 34.9. The molecule has 0 N–H and O–H groups in total. The molecule has 16 heavy (non-hydrogen) atoms. The van der Waals surface area contributed by atoms with Crippen LogP contribution < -0.4 is 0 Å². The van der Waals surface area contributed by atoms with Gasteiger partial charge in [-0.1, -0.05) is 32.1 Å². The summed E-state index contributed by atoms with van der Waals surface area (Å²) in [6.07, 6.45) is 9.91. The van der Waals surface area contributed by atoms with E-state index in [0.29, 0.717) is 0 Å². The molecule has 1 unspecified atom stereocenters. The van der Waals surface area contributed by atoms with Crippen LogP contribution in [-0.4, -0.2) is 12.8 Å². The van der Waals surface area contributed by atoms with Gasteiger partial charge in [0.25, 0.3) is 0 Å². The number of alkyl halides is 2. The monoisotopic (exact) mass is 230 g/mol. The highest BCUT2D eigenvalue weighted by Crippen LogP contribution is 2.41. The van der Waals surface area contributed by atoms with Gasteiger partial charge in [-0.05, 0) is 43.4 Å². The Hall–Kier alpha value is -0.140. The van der Waals surface area contributed by atoms with Gasteiger partial charge in [-0.15, -0.1) is 0 Å². The SMILES string of the molecule is FCC(F)C1CCC(C2CCCCC2)CC1. The highest BCUT2D eigenvalue weighted by molar-refractivity contribution is 4.82. The van der Waals surface area contributed by atoms with Crippen molar-refractivity contribution in [1.29, 1.82) is 0 Å². The molecule has 2 fully saturated rings. The molecule has 0 aromatic carbocycles. The summed E-state index contributed by atoms with van der Waals surface area (Å²) in [5.41, 5.74) is 0. The molecule has 2 aliphatic carbocycles. The Kier molecular flexibility index (Phi) is 4.60. The van der Waals surface area contributed by atoms with Crippen LogP contribution in [0.15, 0.2) is 0 Å². The van der Waals surface area contributed by atoms with Crippen molar-refractivity contribution in [2.45, 2.75) is 64.0 Å². The number of rotatable bonds is 3. The van der Waals surface area contributed by atoms with Gasteiger partial charge in [-0.25, -0.2) is 8.78 Å². The van der Waals surface area contributed by atoms with E-state index in [1.54, 1.807) is 0 Å². The fraction of sp³-hybridized carbons (Fsp3) is 1.00. The van der Waals surface area contributed by atoms with Crippen molar-refractivity contribution in [3.63, 3.8) is 0 Å². The molecule has 0 bridgehead atoms. The minimum atomic E-state index is -1.19. The van der Waals surface area contributed by atoms with Crippen molar-refractivity contribution in [1.82, 2.24) is 0 Å². The predicted octanol–water partition coefficient (Wildman–Crippen LogP) is 4.68. The molecular weight excluding hydrogens is 206 g/mol. The lowest BCUT2D eigenvalue weighted by molar-refractivity contribution is 0.102. The minimum absolute atomic E-state index is 0.0184. The van der Waals surface area contributed by atoms with Crippen LogP contribution in [0.2, 0.25) is 0 Å². The maximum atomic E-state index is 13.2. The Morgan fingerprint density at radius 2 is 1.38 bits per heavy atom. The first kappa shape index (κ1) is 12.3. The molecule has 2 aliphatic rings. The van der Waals surface area contributed by atoms with E-state index < -0.39 is 12.8 Å². The fourth-order valence-electron chi connectivity index (χ4n) is 3.71. The summed E-state index contributed by atoms with van der Waals surface area (Å²) in [5.74, 6) is 1.74. The van der Waals surface area contributed by atoms with E-state index in [4.69, 9.17) is 0 Å². The van der Waals surface area contributed by atoms with E-state index in [1.165, 1.54) is 32.1 Å². The van der Waals surface area contributed by atoms with E-state index in [1.807, 2.05) is 0 Å². The molecular formula is C14H24F2. The average Bonchev–Trinajstić information content (AvgIpc) is 2.39. The Morgan fingerprint density at radius 1 is 0.812 bits per heavy atom. The second-order valence-corrected chi connectivity index (χ2v) is 5.74. The molecule has 0 heterocycles. The van der Waals surface area contributed by atoms with Gasteiger partial charge in [0.15, 0.2) is 0 Å². The van der Waals surface area contributed by atoms with Crippen LogP contribution in [0.25, 0.3) is 0 Å². The third kappa shape index (κ3) is 2.95. The highest BCUT2D eigenvalue weighted by Gasteiger charge is 2.31. The molecule has 1 atom stereocenters. The quantitative estimate of drug-likeness (QED) is 0.660. The first-order valence-corrected chi connectivity index (χ1v) is 7.01. The van der Waals surface area contributed by atoms with Crippen LogP contribution >= 0.6 is 0 Å². The van der Waals surface area contributed by atoms with Crippen LogP contribution in [0.5, 0.6) is 0 Å². The second kappa shape index (κ2) is 5.97. The zero-order valence-electron chi connectivity index (χ0n) is 10.1. The van der Waals surface area contributed by atoms with Crippen LogP contribution in [0.1, 0.15) is 57.8 Å². The maximum Gasteiger partial charge on any atom is 0.131 e. The summed E-state index contributed by atoms with van der Waals surface area (Å²) in [7, 11) is 0. The van der Waals surface area contributed by atoms with Crippen LogP contribution in [-0.2, 0) is 0 Å². The van der Waals surface area contributed by atoms with E-state index in [9.17, 15) is 8.78 Å². The van der Waals surface area contributed by atoms with Gasteiger partial charge in [-0.2, -0.15) is 0 Å². The van der Waals surface area contributed by atoms with Crippen LogP contribution in [0.4, 0.5) is 8.78 Å². The molecule has 0 nitrogen and oxygen atoms in total. The van der Waals surface area contributed by atoms with Gasteiger partial charge in [0.1, 0.15) is 12.8 Å². The van der Waals surface area contributed by atoms with E-state index in [0.717, 1.165) is 37.5 Å². The summed E-state index contributed by atoms with van der Waals surface area (Å²) >= 11 is 0. The molecule has 0 amide bonds. The summed E-state index contributed by atoms with van der Waals surface area (Å²) in [5, 5.41) is 0. The smallest absolute Gasteiger partial charge is 0.131 e. The fourth-order valence-corrected chi connectivity index (χ4v) is 3.71. The molecule has 2 heteroatoms. The zero-order chi connectivity index (χ0) is 11.4. The molecule has 0 spiro atoms. The van der Waals surface area contributed by atoms with Crippen molar-refractivity contribution >= 4 is 0 Å². The molecule has 0 saturated heterocycles. The van der Waals surface area contributed by atoms with Crippen LogP contribution in [0.3, 0.4) is 0 Å². The topological polar surface area (TPSA) is 0 Å².